The molecule has 3 aliphatic rings. The van der Waals surface area contributed by atoms with E-state index in [0.29, 0.717) is 29.4 Å². The molecule has 0 unspecified atom stereocenters. The summed E-state index contributed by atoms with van der Waals surface area (Å²) in [6.07, 6.45) is 4.14. The van der Waals surface area contributed by atoms with E-state index in [-0.39, 0.29) is 41.4 Å². The second-order valence-corrected chi connectivity index (χ2v) is 14.5. The van der Waals surface area contributed by atoms with Gasteiger partial charge in [0, 0.05) is 47.2 Å². The summed E-state index contributed by atoms with van der Waals surface area (Å²) in [5.74, 6) is -1.03. The number of Topliss-reactive ketones (excluding diaryl/α,β-unsaturated/α-hetero) is 1. The molecule has 10 nitrogen and oxygen atoms in total. The maximum absolute atomic E-state index is 14.3. The van der Waals surface area contributed by atoms with Gasteiger partial charge >= 0.3 is 6.18 Å². The Bertz CT molecular complexity index is 2250. The van der Waals surface area contributed by atoms with Gasteiger partial charge < -0.3 is 14.8 Å². The molecule has 50 heavy (non-hydrogen) atoms. The third-order valence-corrected chi connectivity index (χ3v) is 10.6. The number of aromatic nitrogens is 5. The number of likely N-dealkylation sites (tertiary alicyclic amines) is 1. The van der Waals surface area contributed by atoms with Crippen molar-refractivity contribution in [3.05, 3.63) is 77.0 Å². The summed E-state index contributed by atoms with van der Waals surface area (Å²) in [5.41, 5.74) is 4.66. The van der Waals surface area contributed by atoms with Gasteiger partial charge in [0.2, 0.25) is 11.8 Å². The van der Waals surface area contributed by atoms with E-state index in [9.17, 15) is 27.6 Å². The maximum atomic E-state index is 14.3. The molecule has 2 amide bonds. The Kier molecular flexibility index (Phi) is 7.22. The lowest BCUT2D eigenvalue weighted by atomic mass is 9.92. The van der Waals surface area contributed by atoms with E-state index in [0.717, 1.165) is 58.9 Å². The first kappa shape index (κ1) is 32.2. The van der Waals surface area contributed by atoms with E-state index in [1.54, 1.807) is 26.4 Å². The number of rotatable bonds is 7. The smallest absolute Gasteiger partial charge is 0.337 e. The molecule has 5 heterocycles. The van der Waals surface area contributed by atoms with Gasteiger partial charge in [0.15, 0.2) is 11.4 Å². The highest BCUT2D eigenvalue weighted by molar-refractivity contribution is 6.09. The van der Waals surface area contributed by atoms with Crippen molar-refractivity contribution >= 4 is 40.0 Å². The molecule has 1 aromatic carbocycles. The van der Waals surface area contributed by atoms with Crippen LogP contribution in [0.5, 0.6) is 0 Å². The number of nitrogens with one attached hydrogen (secondary N) is 1. The number of alkyl halides is 3. The van der Waals surface area contributed by atoms with E-state index >= 15 is 0 Å². The highest BCUT2D eigenvalue weighted by Gasteiger charge is 2.60. The molecule has 13 heteroatoms. The van der Waals surface area contributed by atoms with E-state index in [2.05, 4.69) is 27.3 Å². The normalized spacial score (nSPS) is 21.8. The molecule has 2 aliphatic carbocycles. The molecule has 3 atom stereocenters. The summed E-state index contributed by atoms with van der Waals surface area (Å²) in [5, 5.41) is 7.87. The molecule has 8 rings (SSSR count). The van der Waals surface area contributed by atoms with Crippen LogP contribution in [0.3, 0.4) is 0 Å². The van der Waals surface area contributed by atoms with Crippen molar-refractivity contribution in [3.63, 3.8) is 0 Å². The van der Waals surface area contributed by atoms with Crippen LogP contribution >= 0.6 is 0 Å². The fourth-order valence-electron chi connectivity index (χ4n) is 7.76. The number of hydrogen-bond donors (Lipinski definition) is 1. The van der Waals surface area contributed by atoms with E-state index < -0.39 is 23.8 Å². The summed E-state index contributed by atoms with van der Waals surface area (Å²) < 4.78 is 44.2. The topological polar surface area (TPSA) is 114 Å². The first-order chi connectivity index (χ1) is 23.7. The minimum absolute atomic E-state index is 0.0473. The number of anilines is 1. The summed E-state index contributed by atoms with van der Waals surface area (Å²) in [4.78, 5) is 51.1. The zero-order valence-electron chi connectivity index (χ0n) is 28.1. The highest BCUT2D eigenvalue weighted by Crippen LogP contribution is 2.57. The molecule has 0 radical (unpaired) electrons. The summed E-state index contributed by atoms with van der Waals surface area (Å²) in [6, 6.07) is 7.10. The average molecular weight is 684 g/mol. The number of carbonyl (C=O) groups excluding carboxylic acids is 3. The number of carbonyl (C=O) groups is 3. The quantitative estimate of drug-likeness (QED) is 0.187. The zero-order valence-corrected chi connectivity index (χ0v) is 28.1. The fourth-order valence-corrected chi connectivity index (χ4v) is 7.76. The van der Waals surface area contributed by atoms with Gasteiger partial charge in [-0.1, -0.05) is 13.0 Å². The van der Waals surface area contributed by atoms with Crippen molar-refractivity contribution in [2.24, 2.45) is 5.41 Å². The second kappa shape index (κ2) is 11.2. The fraction of sp³-hybridized carbons (Fsp3) is 0.405. The maximum Gasteiger partial charge on any atom is 0.433 e. The number of hydrogen-bond acceptors (Lipinski definition) is 6. The van der Waals surface area contributed by atoms with Crippen LogP contribution < -0.4 is 5.32 Å². The number of nitrogens with zero attached hydrogens (tertiary/aromatic N) is 6. The van der Waals surface area contributed by atoms with Crippen LogP contribution in [-0.2, 0) is 22.3 Å². The summed E-state index contributed by atoms with van der Waals surface area (Å²) in [7, 11) is 0. The Hall–Kier alpha value is -5.07. The van der Waals surface area contributed by atoms with Crippen molar-refractivity contribution in [1.82, 2.24) is 29.0 Å². The Morgan fingerprint density at radius 1 is 1.04 bits per heavy atom. The number of halogens is 3. The molecule has 2 saturated carbocycles. The van der Waals surface area contributed by atoms with Crippen LogP contribution in [0.4, 0.5) is 19.0 Å². The van der Waals surface area contributed by atoms with Gasteiger partial charge in [-0.25, -0.2) is 14.5 Å². The van der Waals surface area contributed by atoms with Crippen LogP contribution in [0.1, 0.15) is 84.7 Å². The summed E-state index contributed by atoms with van der Waals surface area (Å²) in [6.45, 7) is 7.29. The van der Waals surface area contributed by atoms with Gasteiger partial charge in [0.05, 0.1) is 11.2 Å². The minimum atomic E-state index is -4.66. The highest BCUT2D eigenvalue weighted by atomic mass is 19.4. The number of aryl methyl sites for hydroxylation is 2. The molecule has 3 fully saturated rings. The molecule has 1 N–H and O–H groups in total. The van der Waals surface area contributed by atoms with E-state index in [1.807, 2.05) is 38.2 Å². The van der Waals surface area contributed by atoms with Crippen LogP contribution in [0.15, 0.2) is 48.9 Å². The van der Waals surface area contributed by atoms with E-state index in [1.165, 1.54) is 13.0 Å². The minimum Gasteiger partial charge on any atom is -0.337 e. The van der Waals surface area contributed by atoms with E-state index in [4.69, 9.17) is 0 Å². The lowest BCUT2D eigenvalue weighted by molar-refractivity contribution is -0.142. The number of fused-ring (bicyclic) bond motifs is 3. The number of benzene rings is 1. The van der Waals surface area contributed by atoms with Crippen molar-refractivity contribution in [2.45, 2.75) is 90.5 Å². The first-order valence-electron chi connectivity index (χ1n) is 16.9. The lowest BCUT2D eigenvalue weighted by Crippen LogP contribution is -2.53. The molecule has 1 aliphatic heterocycles. The predicted molar refractivity (Wildman–Crippen MR) is 180 cm³/mol. The standard InChI is InChI=1S/C37H36F3N7O3/c1-19-11-23(24-15-41-31-12-20(2)44-46(31)16-24)13-26-27(21(3)48)17-45(33(19)26)18-32(49)47-28(9-10-36(4)14-30(36)47)35(50)43-34-25(22-5-6-22)7-8-29(42-34)37(38,39)40/h7-8,11-13,15-17,22,28,30H,5-6,9-10,14,18H2,1-4H3,(H,42,43,50)/t28-,30+,36-/m0/s1. The summed E-state index contributed by atoms with van der Waals surface area (Å²) >= 11 is 0. The SMILES string of the molecule is CC(=O)c1cn(CC(=O)N2[C@H](C(=O)Nc3nc(C(F)(F)F)ccc3C3CC3)CC[C@@]3(C)C[C@@H]23)c2c(C)cc(-c3cnc4cc(C)nn4c3)cc12. The van der Waals surface area contributed by atoms with Gasteiger partial charge in [0.1, 0.15) is 24.1 Å². The van der Waals surface area contributed by atoms with Crippen molar-refractivity contribution in [3.8, 4) is 11.1 Å². The average Bonchev–Trinajstić information content (AvgIpc) is 3.94. The number of ketones is 1. The largest absolute Gasteiger partial charge is 0.433 e. The Morgan fingerprint density at radius 3 is 2.54 bits per heavy atom. The number of amides is 2. The van der Waals surface area contributed by atoms with Crippen LogP contribution in [0.25, 0.3) is 27.7 Å². The van der Waals surface area contributed by atoms with Gasteiger partial charge in [-0.15, -0.1) is 0 Å². The first-order valence-corrected chi connectivity index (χ1v) is 16.9. The number of piperidine rings is 1. The molecule has 1 saturated heterocycles. The predicted octanol–water partition coefficient (Wildman–Crippen LogP) is 6.87. The van der Waals surface area contributed by atoms with Gasteiger partial charge in [-0.3, -0.25) is 14.4 Å². The monoisotopic (exact) mass is 683 g/mol. The molecule has 0 bridgehead atoms. The van der Waals surface area contributed by atoms with Gasteiger partial charge in [0.25, 0.3) is 0 Å². The van der Waals surface area contributed by atoms with Crippen molar-refractivity contribution in [1.29, 1.82) is 0 Å². The molecule has 258 valence electrons. The van der Waals surface area contributed by atoms with Crippen molar-refractivity contribution < 1.29 is 27.6 Å². The van der Waals surface area contributed by atoms with Crippen LogP contribution in [0, 0.1) is 19.3 Å². The molecule has 4 aromatic heterocycles. The Balaban J connectivity index is 1.11. The van der Waals surface area contributed by atoms with Gasteiger partial charge in [-0.05, 0) is 99.1 Å². The van der Waals surface area contributed by atoms with Crippen LogP contribution in [-0.4, -0.2) is 58.7 Å². The van der Waals surface area contributed by atoms with Crippen LogP contribution in [0.2, 0.25) is 0 Å². The molecule has 5 aromatic rings. The number of pyridine rings is 1. The third kappa shape index (κ3) is 5.52. The van der Waals surface area contributed by atoms with Crippen molar-refractivity contribution in [2.75, 3.05) is 5.32 Å². The molecular formula is C37H36F3N7O3. The Morgan fingerprint density at radius 2 is 1.82 bits per heavy atom. The molecular weight excluding hydrogens is 647 g/mol. The van der Waals surface area contributed by atoms with Gasteiger partial charge in [-0.2, -0.15) is 18.3 Å². The zero-order chi connectivity index (χ0) is 35.3. The molecule has 0 spiro atoms. The second-order valence-electron chi connectivity index (χ2n) is 14.5. The Labute approximate surface area is 285 Å². The lowest BCUT2D eigenvalue weighted by Gasteiger charge is -2.37. The third-order valence-electron chi connectivity index (χ3n) is 10.6.